The van der Waals surface area contributed by atoms with E-state index in [2.05, 4.69) is 10.3 Å². The van der Waals surface area contributed by atoms with Crippen LogP contribution in [0.1, 0.15) is 38.3 Å². The normalized spacial score (nSPS) is 11.8. The summed E-state index contributed by atoms with van der Waals surface area (Å²) < 4.78 is 0. The van der Waals surface area contributed by atoms with Gasteiger partial charge in [-0.15, -0.1) is 0 Å². The van der Waals surface area contributed by atoms with E-state index < -0.39 is 12.0 Å². The third kappa shape index (κ3) is 5.99. The van der Waals surface area contributed by atoms with Crippen LogP contribution in [-0.2, 0) is 16.0 Å². The van der Waals surface area contributed by atoms with E-state index in [9.17, 15) is 9.59 Å². The van der Waals surface area contributed by atoms with Gasteiger partial charge in [-0.25, -0.2) is 4.79 Å². The average molecular weight is 264 g/mol. The van der Waals surface area contributed by atoms with Crippen LogP contribution in [0.25, 0.3) is 0 Å². The summed E-state index contributed by atoms with van der Waals surface area (Å²) in [5.41, 5.74) is 0.832. The quantitative estimate of drug-likeness (QED) is 0.750. The Morgan fingerprint density at radius 2 is 2.21 bits per heavy atom. The molecule has 0 aliphatic heterocycles. The molecule has 0 aliphatic carbocycles. The van der Waals surface area contributed by atoms with Crippen LogP contribution in [0.3, 0.4) is 0 Å². The molecule has 0 bridgehead atoms. The molecule has 1 rings (SSSR count). The van der Waals surface area contributed by atoms with Crippen molar-refractivity contribution in [3.63, 3.8) is 0 Å². The van der Waals surface area contributed by atoms with Gasteiger partial charge < -0.3 is 10.4 Å². The number of pyridine rings is 1. The Hall–Kier alpha value is -1.91. The number of rotatable bonds is 8. The number of amides is 1. The van der Waals surface area contributed by atoms with Crippen LogP contribution in [0.15, 0.2) is 24.4 Å². The Kier molecular flexibility index (Phi) is 6.57. The fourth-order valence-corrected chi connectivity index (χ4v) is 1.72. The number of carbonyl (C=O) groups excluding carboxylic acids is 1. The molecule has 0 radical (unpaired) electrons. The van der Waals surface area contributed by atoms with Gasteiger partial charge in [0.25, 0.3) is 0 Å². The molecule has 0 spiro atoms. The van der Waals surface area contributed by atoms with E-state index in [0.29, 0.717) is 12.8 Å². The standard InChI is InChI=1S/C14H20N2O3/c1-2-3-7-12(14(18)19)16-13(17)9-8-11-6-4-5-10-15-11/h4-6,10,12H,2-3,7-9H2,1H3,(H,16,17)(H,18,19). The second kappa shape index (κ2) is 8.24. The number of hydrogen-bond donors (Lipinski definition) is 2. The molecule has 2 N–H and O–H groups in total. The fourth-order valence-electron chi connectivity index (χ4n) is 1.72. The molecular weight excluding hydrogens is 244 g/mol. The number of nitrogens with one attached hydrogen (secondary N) is 1. The van der Waals surface area contributed by atoms with Gasteiger partial charge in [-0.1, -0.05) is 25.8 Å². The molecule has 1 aromatic rings. The first-order valence-corrected chi connectivity index (χ1v) is 6.55. The number of carboxylic acids is 1. The predicted octanol–water partition coefficient (Wildman–Crippen LogP) is 1.77. The van der Waals surface area contributed by atoms with Gasteiger partial charge in [0.2, 0.25) is 5.91 Å². The van der Waals surface area contributed by atoms with Crippen molar-refractivity contribution >= 4 is 11.9 Å². The smallest absolute Gasteiger partial charge is 0.326 e. The minimum atomic E-state index is -0.973. The molecule has 19 heavy (non-hydrogen) atoms. The highest BCUT2D eigenvalue weighted by atomic mass is 16.4. The van der Waals surface area contributed by atoms with Crippen LogP contribution in [0.2, 0.25) is 0 Å². The van der Waals surface area contributed by atoms with Crippen molar-refractivity contribution in [1.29, 1.82) is 0 Å². The van der Waals surface area contributed by atoms with Gasteiger partial charge in [0.05, 0.1) is 0 Å². The minimum absolute atomic E-state index is 0.242. The number of aryl methyl sites for hydroxylation is 1. The Morgan fingerprint density at radius 3 is 2.79 bits per heavy atom. The molecule has 5 nitrogen and oxygen atoms in total. The first-order valence-electron chi connectivity index (χ1n) is 6.55. The monoisotopic (exact) mass is 264 g/mol. The summed E-state index contributed by atoms with van der Waals surface area (Å²) in [6.45, 7) is 1.99. The molecule has 0 fully saturated rings. The molecule has 1 heterocycles. The SMILES string of the molecule is CCCCC(NC(=O)CCc1ccccn1)C(=O)O. The van der Waals surface area contributed by atoms with Crippen molar-refractivity contribution in [2.75, 3.05) is 0 Å². The van der Waals surface area contributed by atoms with Crippen molar-refractivity contribution in [3.05, 3.63) is 30.1 Å². The average Bonchev–Trinajstić information content (AvgIpc) is 2.42. The van der Waals surface area contributed by atoms with Crippen molar-refractivity contribution in [1.82, 2.24) is 10.3 Å². The summed E-state index contributed by atoms with van der Waals surface area (Å²) in [6.07, 6.45) is 4.63. The predicted molar refractivity (Wildman–Crippen MR) is 71.6 cm³/mol. The van der Waals surface area contributed by atoms with Gasteiger partial charge in [-0.3, -0.25) is 9.78 Å². The number of carbonyl (C=O) groups is 2. The van der Waals surface area contributed by atoms with Crippen molar-refractivity contribution in [3.8, 4) is 0 Å². The second-order valence-electron chi connectivity index (χ2n) is 4.42. The highest BCUT2D eigenvalue weighted by Crippen LogP contribution is 2.03. The van der Waals surface area contributed by atoms with Crippen LogP contribution in [0.5, 0.6) is 0 Å². The highest BCUT2D eigenvalue weighted by Gasteiger charge is 2.18. The van der Waals surface area contributed by atoms with Crippen LogP contribution in [0, 0.1) is 0 Å². The highest BCUT2D eigenvalue weighted by molar-refractivity contribution is 5.83. The zero-order valence-corrected chi connectivity index (χ0v) is 11.1. The maximum Gasteiger partial charge on any atom is 0.326 e. The Balaban J connectivity index is 2.38. The van der Waals surface area contributed by atoms with E-state index in [1.807, 2.05) is 25.1 Å². The van der Waals surface area contributed by atoms with E-state index in [4.69, 9.17) is 5.11 Å². The summed E-state index contributed by atoms with van der Waals surface area (Å²) in [5.74, 6) is -1.21. The van der Waals surface area contributed by atoms with Gasteiger partial charge in [0.1, 0.15) is 6.04 Å². The van der Waals surface area contributed by atoms with Gasteiger partial charge in [-0.2, -0.15) is 0 Å². The number of aromatic nitrogens is 1. The summed E-state index contributed by atoms with van der Waals surface area (Å²) in [6, 6.07) is 4.74. The van der Waals surface area contributed by atoms with E-state index in [-0.39, 0.29) is 12.3 Å². The third-order valence-corrected chi connectivity index (χ3v) is 2.81. The molecule has 5 heteroatoms. The number of aliphatic carboxylic acids is 1. The lowest BCUT2D eigenvalue weighted by Gasteiger charge is -2.13. The summed E-state index contributed by atoms with van der Waals surface area (Å²) in [4.78, 5) is 26.8. The maximum absolute atomic E-state index is 11.7. The number of hydrogen-bond acceptors (Lipinski definition) is 3. The lowest BCUT2D eigenvalue weighted by Crippen LogP contribution is -2.40. The van der Waals surface area contributed by atoms with Gasteiger partial charge in [0.15, 0.2) is 0 Å². The molecular formula is C14H20N2O3. The zero-order valence-electron chi connectivity index (χ0n) is 11.1. The minimum Gasteiger partial charge on any atom is -0.480 e. The molecule has 1 atom stereocenters. The van der Waals surface area contributed by atoms with Crippen molar-refractivity contribution in [2.24, 2.45) is 0 Å². The first kappa shape index (κ1) is 15.1. The number of unbranched alkanes of at least 4 members (excludes halogenated alkanes) is 1. The molecule has 0 saturated carbocycles. The molecule has 104 valence electrons. The Morgan fingerprint density at radius 1 is 1.42 bits per heavy atom. The van der Waals surface area contributed by atoms with E-state index in [1.165, 1.54) is 0 Å². The fraction of sp³-hybridized carbons (Fsp3) is 0.500. The zero-order chi connectivity index (χ0) is 14.1. The summed E-state index contributed by atoms with van der Waals surface area (Å²) in [7, 11) is 0. The Bertz CT molecular complexity index is 406. The summed E-state index contributed by atoms with van der Waals surface area (Å²) in [5, 5.41) is 11.6. The van der Waals surface area contributed by atoms with Crippen molar-refractivity contribution in [2.45, 2.75) is 45.1 Å². The second-order valence-corrected chi connectivity index (χ2v) is 4.42. The van der Waals surface area contributed by atoms with Crippen LogP contribution >= 0.6 is 0 Å². The molecule has 0 aliphatic rings. The van der Waals surface area contributed by atoms with Gasteiger partial charge in [0, 0.05) is 18.3 Å². The molecule has 1 aromatic heterocycles. The molecule has 1 amide bonds. The van der Waals surface area contributed by atoms with Crippen molar-refractivity contribution < 1.29 is 14.7 Å². The van der Waals surface area contributed by atoms with E-state index in [0.717, 1.165) is 18.5 Å². The lowest BCUT2D eigenvalue weighted by molar-refractivity contribution is -0.142. The topological polar surface area (TPSA) is 79.3 Å². The molecule has 1 unspecified atom stereocenters. The number of nitrogens with zero attached hydrogens (tertiary/aromatic N) is 1. The van der Waals surface area contributed by atoms with Gasteiger partial charge in [-0.05, 0) is 25.0 Å². The van der Waals surface area contributed by atoms with E-state index >= 15 is 0 Å². The largest absolute Gasteiger partial charge is 0.480 e. The maximum atomic E-state index is 11.7. The lowest BCUT2D eigenvalue weighted by atomic mass is 10.1. The van der Waals surface area contributed by atoms with Crippen LogP contribution in [0.4, 0.5) is 0 Å². The van der Waals surface area contributed by atoms with Crippen LogP contribution < -0.4 is 5.32 Å². The number of carboxylic acid groups (broad SMARTS) is 1. The first-order chi connectivity index (χ1) is 9.13. The van der Waals surface area contributed by atoms with Gasteiger partial charge >= 0.3 is 5.97 Å². The Labute approximate surface area is 113 Å². The van der Waals surface area contributed by atoms with E-state index in [1.54, 1.807) is 6.20 Å². The third-order valence-electron chi connectivity index (χ3n) is 2.81. The molecule has 0 aromatic carbocycles. The summed E-state index contributed by atoms with van der Waals surface area (Å²) >= 11 is 0. The van der Waals surface area contributed by atoms with Crippen LogP contribution in [-0.4, -0.2) is 28.0 Å². The molecule has 0 saturated heterocycles.